The van der Waals surface area contributed by atoms with Crippen molar-refractivity contribution >= 4 is 16.6 Å². The number of benzene rings is 1. The molecule has 0 radical (unpaired) electrons. The Hall–Kier alpha value is -2.17. The molecule has 2 N–H and O–H groups in total. The molecule has 1 aliphatic rings. The number of alkyl halides is 3. The third-order valence-electron chi connectivity index (χ3n) is 4.84. The second-order valence-electron chi connectivity index (χ2n) is 7.02. The Morgan fingerprint density at radius 2 is 1.96 bits per heavy atom. The predicted octanol–water partition coefficient (Wildman–Crippen LogP) is 3.28. The van der Waals surface area contributed by atoms with Crippen LogP contribution in [0.1, 0.15) is 18.5 Å². The summed E-state index contributed by atoms with van der Waals surface area (Å²) in [5.41, 5.74) is 1.81. The highest BCUT2D eigenvalue weighted by atomic mass is 19.4. The predicted molar refractivity (Wildman–Crippen MR) is 103 cm³/mol. The van der Waals surface area contributed by atoms with Crippen molar-refractivity contribution in [3.63, 3.8) is 0 Å². The molecule has 2 heterocycles. The molecule has 0 bridgehead atoms. The molecule has 0 spiro atoms. The van der Waals surface area contributed by atoms with Gasteiger partial charge in [-0.15, -0.1) is 0 Å². The molecular formula is C20H25F3N4. The van der Waals surface area contributed by atoms with Gasteiger partial charge in [0.05, 0.1) is 17.8 Å². The number of hydrogen-bond donors (Lipinski definition) is 2. The van der Waals surface area contributed by atoms with Crippen LogP contribution in [0.3, 0.4) is 0 Å². The van der Waals surface area contributed by atoms with Gasteiger partial charge in [-0.2, -0.15) is 13.2 Å². The molecule has 1 saturated heterocycles. The quantitative estimate of drug-likeness (QED) is 0.801. The summed E-state index contributed by atoms with van der Waals surface area (Å²) in [6.45, 7) is 1.42. The van der Waals surface area contributed by atoms with E-state index >= 15 is 0 Å². The smallest absolute Gasteiger partial charge is 0.382 e. The van der Waals surface area contributed by atoms with Crippen molar-refractivity contribution in [1.29, 1.82) is 0 Å². The maximum absolute atomic E-state index is 13.1. The van der Waals surface area contributed by atoms with Gasteiger partial charge in [0.25, 0.3) is 0 Å². The topological polar surface area (TPSA) is 32.2 Å². The molecule has 1 aromatic heterocycles. The van der Waals surface area contributed by atoms with Gasteiger partial charge < -0.3 is 20.1 Å². The summed E-state index contributed by atoms with van der Waals surface area (Å²) < 4.78 is 40.6. The summed E-state index contributed by atoms with van der Waals surface area (Å²) in [5, 5.41) is 7.21. The second-order valence-corrected chi connectivity index (χ2v) is 7.02. The number of rotatable bonds is 4. The van der Waals surface area contributed by atoms with Gasteiger partial charge in [-0.1, -0.05) is 12.0 Å². The highest BCUT2D eigenvalue weighted by Gasteiger charge is 2.30. The average Bonchev–Trinajstić information content (AvgIpc) is 2.94. The van der Waals surface area contributed by atoms with Crippen molar-refractivity contribution in [2.45, 2.75) is 31.6 Å². The van der Waals surface area contributed by atoms with E-state index in [1.807, 2.05) is 6.07 Å². The van der Waals surface area contributed by atoms with E-state index in [-0.39, 0.29) is 0 Å². The Morgan fingerprint density at radius 1 is 1.22 bits per heavy atom. The minimum atomic E-state index is -4.30. The number of halogens is 3. The van der Waals surface area contributed by atoms with Crippen LogP contribution in [0.15, 0.2) is 24.3 Å². The van der Waals surface area contributed by atoms with Crippen LogP contribution in [0, 0.1) is 11.8 Å². The highest BCUT2D eigenvalue weighted by molar-refractivity contribution is 5.94. The van der Waals surface area contributed by atoms with Gasteiger partial charge in [0, 0.05) is 17.1 Å². The fourth-order valence-electron chi connectivity index (χ4n) is 3.46. The summed E-state index contributed by atoms with van der Waals surface area (Å²) in [5.74, 6) is 5.75. The number of nitrogens with zero attached hydrogens (tertiary/aromatic N) is 2. The van der Waals surface area contributed by atoms with E-state index in [1.54, 1.807) is 25.2 Å². The first kappa shape index (κ1) is 19.6. The van der Waals surface area contributed by atoms with Crippen LogP contribution in [0.25, 0.3) is 10.9 Å². The lowest BCUT2D eigenvalue weighted by Crippen LogP contribution is -2.36. The van der Waals surface area contributed by atoms with Gasteiger partial charge in [-0.3, -0.25) is 0 Å². The lowest BCUT2D eigenvalue weighted by atomic mass is 10.0. The first-order valence-electron chi connectivity index (χ1n) is 9.15. The summed E-state index contributed by atoms with van der Waals surface area (Å²) in [6.07, 6.45) is -2.27. The molecule has 3 rings (SSSR count). The molecule has 1 fully saturated rings. The van der Waals surface area contributed by atoms with Gasteiger partial charge in [0.1, 0.15) is 6.54 Å². The number of piperidine rings is 1. The van der Waals surface area contributed by atoms with Crippen molar-refractivity contribution in [3.05, 3.63) is 30.0 Å². The molecule has 27 heavy (non-hydrogen) atoms. The molecule has 146 valence electrons. The maximum Gasteiger partial charge on any atom is 0.406 e. The van der Waals surface area contributed by atoms with E-state index in [4.69, 9.17) is 0 Å². The maximum atomic E-state index is 13.1. The molecule has 1 aliphatic heterocycles. The fraction of sp³-hybridized carbons (Fsp3) is 0.500. The molecule has 0 aliphatic carbocycles. The molecule has 1 aromatic carbocycles. The molecule has 7 heteroatoms. The zero-order valence-electron chi connectivity index (χ0n) is 15.7. The third-order valence-corrected chi connectivity index (χ3v) is 4.84. The van der Waals surface area contributed by atoms with E-state index in [2.05, 4.69) is 34.4 Å². The number of likely N-dealkylation sites (tertiary alicyclic amines) is 1. The van der Waals surface area contributed by atoms with Crippen LogP contribution < -0.4 is 10.6 Å². The van der Waals surface area contributed by atoms with Crippen molar-refractivity contribution in [1.82, 2.24) is 14.8 Å². The largest absolute Gasteiger partial charge is 0.406 e. The first-order chi connectivity index (χ1) is 12.9. The Morgan fingerprint density at radius 3 is 2.63 bits per heavy atom. The molecule has 0 saturated carbocycles. The molecule has 0 unspecified atom stereocenters. The fourth-order valence-corrected chi connectivity index (χ4v) is 3.46. The number of hydrogen-bond acceptors (Lipinski definition) is 3. The minimum Gasteiger partial charge on any atom is -0.382 e. The number of anilines is 1. The van der Waals surface area contributed by atoms with E-state index in [9.17, 15) is 13.2 Å². The van der Waals surface area contributed by atoms with E-state index in [1.165, 1.54) is 4.57 Å². The summed E-state index contributed by atoms with van der Waals surface area (Å²) in [4.78, 5) is 2.29. The summed E-state index contributed by atoms with van der Waals surface area (Å²) in [6, 6.07) is 7.56. The number of nitrogens with one attached hydrogen (secondary N) is 2. The van der Waals surface area contributed by atoms with Crippen LogP contribution in [0.4, 0.5) is 18.9 Å². The Kier molecular flexibility index (Phi) is 5.98. The van der Waals surface area contributed by atoms with Crippen LogP contribution in [0.5, 0.6) is 0 Å². The van der Waals surface area contributed by atoms with Gasteiger partial charge >= 0.3 is 6.18 Å². The van der Waals surface area contributed by atoms with Gasteiger partial charge in [-0.05, 0) is 64.1 Å². The van der Waals surface area contributed by atoms with Crippen molar-refractivity contribution in [2.75, 3.05) is 39.0 Å². The molecule has 2 aromatic rings. The zero-order valence-corrected chi connectivity index (χ0v) is 15.7. The number of fused-ring (bicyclic) bond motifs is 1. The lowest BCUT2D eigenvalue weighted by molar-refractivity contribution is -0.140. The van der Waals surface area contributed by atoms with Crippen LogP contribution in [0.2, 0.25) is 0 Å². The first-order valence-corrected chi connectivity index (χ1v) is 9.15. The average molecular weight is 378 g/mol. The Balaban J connectivity index is 1.97. The third kappa shape index (κ3) is 4.96. The second kappa shape index (κ2) is 8.24. The van der Waals surface area contributed by atoms with E-state index < -0.39 is 12.7 Å². The van der Waals surface area contributed by atoms with Crippen LogP contribution in [-0.2, 0) is 6.54 Å². The summed E-state index contributed by atoms with van der Waals surface area (Å²) >= 11 is 0. The van der Waals surface area contributed by atoms with Crippen LogP contribution in [-0.4, -0.2) is 55.4 Å². The van der Waals surface area contributed by atoms with Crippen LogP contribution >= 0.6 is 0 Å². The molecule has 0 atom stereocenters. The van der Waals surface area contributed by atoms with Crippen molar-refractivity contribution in [2.24, 2.45) is 0 Å². The zero-order chi connectivity index (χ0) is 19.4. The molecule has 4 nitrogen and oxygen atoms in total. The normalized spacial score (nSPS) is 16.3. The SMILES string of the molecule is CNCC#Cc1cc2c(NC3CCN(C)CC3)cccc2n1CC(F)(F)F. The Labute approximate surface area is 157 Å². The highest BCUT2D eigenvalue weighted by Crippen LogP contribution is 2.31. The van der Waals surface area contributed by atoms with Crippen molar-refractivity contribution < 1.29 is 13.2 Å². The van der Waals surface area contributed by atoms with Gasteiger partial charge in [0.2, 0.25) is 0 Å². The molecule has 0 amide bonds. The minimum absolute atomic E-state index is 0.330. The monoisotopic (exact) mass is 378 g/mol. The van der Waals surface area contributed by atoms with E-state index in [0.29, 0.717) is 23.8 Å². The Bertz CT molecular complexity index is 836. The molecular weight excluding hydrogens is 353 g/mol. The van der Waals surface area contributed by atoms with Crippen molar-refractivity contribution in [3.8, 4) is 11.8 Å². The number of aromatic nitrogens is 1. The van der Waals surface area contributed by atoms with Gasteiger partial charge in [-0.25, -0.2) is 0 Å². The van der Waals surface area contributed by atoms with E-state index in [0.717, 1.165) is 37.0 Å². The summed E-state index contributed by atoms with van der Waals surface area (Å²) in [7, 11) is 3.86. The standard InChI is InChI=1S/C20H25F3N4/c1-24-10-4-5-16-13-17-18(25-15-8-11-26(2)12-9-15)6-3-7-19(17)27(16)14-20(21,22)23/h3,6-7,13,15,24-25H,8-12,14H2,1-2H3. The van der Waals surface area contributed by atoms with Gasteiger partial charge in [0.15, 0.2) is 0 Å². The lowest BCUT2D eigenvalue weighted by Gasteiger charge is -2.30.